The molecule has 0 saturated carbocycles. The Morgan fingerprint density at radius 2 is 1.72 bits per heavy atom. The van der Waals surface area contributed by atoms with E-state index in [-0.39, 0.29) is 11.9 Å². The predicted octanol–water partition coefficient (Wildman–Crippen LogP) is 5.16. The number of halogens is 1. The van der Waals surface area contributed by atoms with Crippen LogP contribution < -0.4 is 10.6 Å². The summed E-state index contributed by atoms with van der Waals surface area (Å²) in [6, 6.07) is 16.7. The molecule has 0 fully saturated rings. The third kappa shape index (κ3) is 4.32. The van der Waals surface area contributed by atoms with Crippen molar-refractivity contribution < 1.29 is 4.39 Å². The maximum absolute atomic E-state index is 13.3. The van der Waals surface area contributed by atoms with E-state index in [1.807, 2.05) is 57.2 Å². The van der Waals surface area contributed by atoms with E-state index in [9.17, 15) is 4.39 Å². The number of nitrogens with one attached hydrogen (secondary N) is 2. The normalized spacial score (nSPS) is 10.8. The summed E-state index contributed by atoms with van der Waals surface area (Å²) in [5.74, 6) is 0.961. The van der Waals surface area contributed by atoms with E-state index < -0.39 is 0 Å². The van der Waals surface area contributed by atoms with Crippen LogP contribution in [0.2, 0.25) is 0 Å². The van der Waals surface area contributed by atoms with Gasteiger partial charge in [-0.2, -0.15) is 4.98 Å². The molecule has 0 aliphatic carbocycles. The summed E-state index contributed by atoms with van der Waals surface area (Å²) < 4.78 is 13.3. The SMILES string of the molecule is Cc1cc(F)ccc1Nc1cc(-c2ccccc2)nc(NC(C)C)n1. The Balaban J connectivity index is 2.00. The molecule has 0 unspecified atom stereocenters. The van der Waals surface area contributed by atoms with Crippen LogP contribution in [0.4, 0.5) is 21.8 Å². The van der Waals surface area contributed by atoms with Crippen LogP contribution in [0, 0.1) is 12.7 Å². The van der Waals surface area contributed by atoms with Gasteiger partial charge < -0.3 is 10.6 Å². The second kappa shape index (κ2) is 7.30. The van der Waals surface area contributed by atoms with Crippen molar-refractivity contribution in [3.05, 3.63) is 66.0 Å². The highest BCUT2D eigenvalue weighted by molar-refractivity contribution is 5.68. The van der Waals surface area contributed by atoms with Gasteiger partial charge in [-0.15, -0.1) is 0 Å². The van der Waals surface area contributed by atoms with Gasteiger partial charge in [0, 0.05) is 23.4 Å². The topological polar surface area (TPSA) is 49.8 Å². The number of hydrogen-bond acceptors (Lipinski definition) is 4. The van der Waals surface area contributed by atoms with Crippen molar-refractivity contribution in [3.8, 4) is 11.3 Å². The number of hydrogen-bond donors (Lipinski definition) is 2. The van der Waals surface area contributed by atoms with Crippen molar-refractivity contribution in [1.82, 2.24) is 9.97 Å². The molecular formula is C20H21FN4. The van der Waals surface area contributed by atoms with Crippen molar-refractivity contribution in [3.63, 3.8) is 0 Å². The van der Waals surface area contributed by atoms with E-state index in [4.69, 9.17) is 0 Å². The molecule has 1 aromatic heterocycles. The highest BCUT2D eigenvalue weighted by atomic mass is 19.1. The maximum Gasteiger partial charge on any atom is 0.225 e. The zero-order valence-electron chi connectivity index (χ0n) is 14.5. The molecule has 0 spiro atoms. The summed E-state index contributed by atoms with van der Waals surface area (Å²) >= 11 is 0. The summed E-state index contributed by atoms with van der Waals surface area (Å²) in [7, 11) is 0. The Kier molecular flexibility index (Phi) is 4.93. The Morgan fingerprint density at radius 3 is 2.40 bits per heavy atom. The quantitative estimate of drug-likeness (QED) is 0.676. The van der Waals surface area contributed by atoms with E-state index in [0.29, 0.717) is 11.8 Å². The highest BCUT2D eigenvalue weighted by Crippen LogP contribution is 2.25. The van der Waals surface area contributed by atoms with Crippen LogP contribution in [-0.2, 0) is 0 Å². The minimum absolute atomic E-state index is 0.214. The predicted molar refractivity (Wildman–Crippen MR) is 101 cm³/mol. The highest BCUT2D eigenvalue weighted by Gasteiger charge is 2.09. The Morgan fingerprint density at radius 1 is 0.960 bits per heavy atom. The number of benzene rings is 2. The molecule has 2 aromatic carbocycles. The van der Waals surface area contributed by atoms with E-state index in [1.54, 1.807) is 6.07 Å². The fraction of sp³-hybridized carbons (Fsp3) is 0.200. The van der Waals surface area contributed by atoms with Crippen LogP contribution in [0.1, 0.15) is 19.4 Å². The first-order valence-corrected chi connectivity index (χ1v) is 8.25. The molecular weight excluding hydrogens is 315 g/mol. The van der Waals surface area contributed by atoms with Crippen LogP contribution in [0.25, 0.3) is 11.3 Å². The minimum atomic E-state index is -0.252. The van der Waals surface area contributed by atoms with Crippen molar-refractivity contribution in [2.45, 2.75) is 26.8 Å². The molecule has 3 aromatic rings. The molecule has 25 heavy (non-hydrogen) atoms. The number of nitrogens with zero attached hydrogens (tertiary/aromatic N) is 2. The van der Waals surface area contributed by atoms with Crippen LogP contribution >= 0.6 is 0 Å². The van der Waals surface area contributed by atoms with Crippen LogP contribution in [-0.4, -0.2) is 16.0 Å². The van der Waals surface area contributed by atoms with Crippen LogP contribution in [0.15, 0.2) is 54.6 Å². The zero-order valence-corrected chi connectivity index (χ0v) is 14.5. The monoisotopic (exact) mass is 336 g/mol. The van der Waals surface area contributed by atoms with Gasteiger partial charge in [0.1, 0.15) is 11.6 Å². The van der Waals surface area contributed by atoms with Gasteiger partial charge in [0.25, 0.3) is 0 Å². The molecule has 0 radical (unpaired) electrons. The smallest absolute Gasteiger partial charge is 0.225 e. The van der Waals surface area contributed by atoms with Gasteiger partial charge in [-0.05, 0) is 44.5 Å². The lowest BCUT2D eigenvalue weighted by atomic mass is 10.1. The summed E-state index contributed by atoms with van der Waals surface area (Å²) in [6.45, 7) is 5.93. The average Bonchev–Trinajstić information content (AvgIpc) is 2.57. The van der Waals surface area contributed by atoms with Crippen LogP contribution in [0.5, 0.6) is 0 Å². The van der Waals surface area contributed by atoms with Crippen molar-refractivity contribution in [2.24, 2.45) is 0 Å². The van der Waals surface area contributed by atoms with Gasteiger partial charge in [-0.25, -0.2) is 9.37 Å². The molecule has 2 N–H and O–H groups in total. The van der Waals surface area contributed by atoms with E-state index in [2.05, 4.69) is 20.6 Å². The second-order valence-electron chi connectivity index (χ2n) is 6.21. The molecule has 5 heteroatoms. The lowest BCUT2D eigenvalue weighted by molar-refractivity contribution is 0.627. The van der Waals surface area contributed by atoms with Gasteiger partial charge in [0.05, 0.1) is 5.69 Å². The first kappa shape index (κ1) is 16.9. The van der Waals surface area contributed by atoms with E-state index in [1.165, 1.54) is 12.1 Å². The van der Waals surface area contributed by atoms with Gasteiger partial charge in [0.2, 0.25) is 5.95 Å². The van der Waals surface area contributed by atoms with E-state index in [0.717, 1.165) is 22.5 Å². The summed E-state index contributed by atoms with van der Waals surface area (Å²) in [6.07, 6.45) is 0. The zero-order chi connectivity index (χ0) is 17.8. The molecule has 3 rings (SSSR count). The van der Waals surface area contributed by atoms with Gasteiger partial charge in [0.15, 0.2) is 0 Å². The van der Waals surface area contributed by atoms with Crippen molar-refractivity contribution in [1.29, 1.82) is 0 Å². The first-order chi connectivity index (χ1) is 12.0. The maximum atomic E-state index is 13.3. The molecule has 128 valence electrons. The summed E-state index contributed by atoms with van der Waals surface area (Å²) in [5, 5.41) is 6.51. The fourth-order valence-electron chi connectivity index (χ4n) is 2.50. The fourth-order valence-corrected chi connectivity index (χ4v) is 2.50. The summed E-state index contributed by atoms with van der Waals surface area (Å²) in [5.41, 5.74) is 3.46. The minimum Gasteiger partial charge on any atom is -0.352 e. The van der Waals surface area contributed by atoms with Crippen molar-refractivity contribution in [2.75, 3.05) is 10.6 Å². The van der Waals surface area contributed by atoms with Crippen molar-refractivity contribution >= 4 is 17.5 Å². The molecule has 0 amide bonds. The van der Waals surface area contributed by atoms with Crippen LogP contribution in [0.3, 0.4) is 0 Å². The largest absolute Gasteiger partial charge is 0.352 e. The molecule has 0 aliphatic heterocycles. The number of aromatic nitrogens is 2. The number of aryl methyl sites for hydroxylation is 1. The van der Waals surface area contributed by atoms with Gasteiger partial charge in [-0.1, -0.05) is 30.3 Å². The molecule has 4 nitrogen and oxygen atoms in total. The molecule has 0 bridgehead atoms. The third-order valence-corrected chi connectivity index (χ3v) is 3.66. The third-order valence-electron chi connectivity index (χ3n) is 3.66. The Bertz CT molecular complexity index is 863. The Hall–Kier alpha value is -2.95. The molecule has 0 saturated heterocycles. The average molecular weight is 336 g/mol. The second-order valence-corrected chi connectivity index (χ2v) is 6.21. The molecule has 0 aliphatic rings. The number of rotatable bonds is 5. The lowest BCUT2D eigenvalue weighted by Gasteiger charge is -2.14. The van der Waals surface area contributed by atoms with Gasteiger partial charge >= 0.3 is 0 Å². The lowest BCUT2D eigenvalue weighted by Crippen LogP contribution is -2.13. The molecule has 1 heterocycles. The number of anilines is 3. The Labute approximate surface area is 147 Å². The standard InChI is InChI=1S/C20H21FN4/c1-13(2)22-20-24-18(15-7-5-4-6-8-15)12-19(25-20)23-17-10-9-16(21)11-14(17)3/h4-13H,1-3H3,(H2,22,23,24,25). The first-order valence-electron chi connectivity index (χ1n) is 8.25. The molecule has 0 atom stereocenters. The van der Waals surface area contributed by atoms with E-state index >= 15 is 0 Å². The summed E-state index contributed by atoms with van der Waals surface area (Å²) in [4.78, 5) is 9.13. The van der Waals surface area contributed by atoms with Gasteiger partial charge in [-0.3, -0.25) is 0 Å².